The molecule has 3 rings (SSSR count). The van der Waals surface area contributed by atoms with Gasteiger partial charge in [-0.15, -0.1) is 0 Å². The van der Waals surface area contributed by atoms with E-state index < -0.39 is 5.97 Å². The van der Waals surface area contributed by atoms with Gasteiger partial charge in [-0.05, 0) is 42.5 Å². The van der Waals surface area contributed by atoms with Crippen LogP contribution in [0.2, 0.25) is 0 Å². The van der Waals surface area contributed by atoms with Gasteiger partial charge in [-0.1, -0.05) is 0 Å². The van der Waals surface area contributed by atoms with E-state index >= 15 is 0 Å². The zero-order chi connectivity index (χ0) is 18.4. The van der Waals surface area contributed by atoms with E-state index in [4.69, 9.17) is 30.8 Å². The average Bonchev–Trinajstić information content (AvgIpc) is 3.08. The fourth-order valence-corrected chi connectivity index (χ4v) is 2.68. The summed E-state index contributed by atoms with van der Waals surface area (Å²) in [4.78, 5) is 13.1. The number of esters is 1. The molecule has 2 heterocycles. The summed E-state index contributed by atoms with van der Waals surface area (Å²) in [5.41, 5.74) is 1.99. The standard InChI is InChI=1S/C18H20N2O5S/c1-13(21)24-17-7-6-16(25-17)12-23-18(26)19-14-2-4-15(5-3-14)20-8-10-22-11-9-20/h2-7H,8-12H2,1H3,(H,19,26). The van der Waals surface area contributed by atoms with Gasteiger partial charge in [0, 0.05) is 37.5 Å². The van der Waals surface area contributed by atoms with Gasteiger partial charge >= 0.3 is 5.97 Å². The van der Waals surface area contributed by atoms with Gasteiger partial charge in [-0.25, -0.2) is 0 Å². The van der Waals surface area contributed by atoms with Crippen molar-refractivity contribution in [1.82, 2.24) is 0 Å². The highest BCUT2D eigenvalue weighted by Crippen LogP contribution is 2.20. The smallest absolute Gasteiger partial charge is 0.310 e. The minimum atomic E-state index is -0.440. The second-order valence-corrected chi connectivity index (χ2v) is 6.03. The number of morpholine rings is 1. The van der Waals surface area contributed by atoms with E-state index in [0.717, 1.165) is 37.7 Å². The minimum absolute atomic E-state index is 0.133. The van der Waals surface area contributed by atoms with Crippen LogP contribution in [0.15, 0.2) is 40.8 Å². The number of nitrogens with zero attached hydrogens (tertiary/aromatic N) is 1. The molecule has 26 heavy (non-hydrogen) atoms. The number of carbonyl (C=O) groups is 1. The van der Waals surface area contributed by atoms with Gasteiger partial charge in [0.25, 0.3) is 11.1 Å². The number of hydrogen-bond acceptors (Lipinski definition) is 7. The molecular formula is C18H20N2O5S. The molecule has 0 aliphatic carbocycles. The molecule has 0 bridgehead atoms. The molecule has 1 aliphatic heterocycles. The number of rotatable bonds is 5. The highest BCUT2D eigenvalue weighted by molar-refractivity contribution is 7.80. The number of furan rings is 1. The maximum atomic E-state index is 10.9. The van der Waals surface area contributed by atoms with Crippen LogP contribution < -0.4 is 15.0 Å². The number of carbonyl (C=O) groups excluding carboxylic acids is 1. The molecule has 1 N–H and O–H groups in total. The molecule has 0 atom stereocenters. The molecule has 138 valence electrons. The van der Waals surface area contributed by atoms with Crippen LogP contribution in [0.1, 0.15) is 12.7 Å². The molecule has 0 amide bonds. The highest BCUT2D eigenvalue weighted by Gasteiger charge is 2.11. The van der Waals surface area contributed by atoms with E-state index in [1.807, 2.05) is 24.3 Å². The Bertz CT molecular complexity index is 753. The minimum Gasteiger partial charge on any atom is -0.463 e. The van der Waals surface area contributed by atoms with Crippen LogP contribution in [-0.2, 0) is 20.9 Å². The summed E-state index contributed by atoms with van der Waals surface area (Å²) >= 11 is 5.18. The van der Waals surface area contributed by atoms with E-state index in [-0.39, 0.29) is 17.7 Å². The third kappa shape index (κ3) is 5.21. The summed E-state index contributed by atoms with van der Waals surface area (Å²) in [6.45, 7) is 4.74. The molecule has 1 aromatic carbocycles. The summed E-state index contributed by atoms with van der Waals surface area (Å²) < 4.78 is 21.0. The third-order valence-electron chi connectivity index (χ3n) is 3.72. The maximum Gasteiger partial charge on any atom is 0.310 e. The summed E-state index contributed by atoms with van der Waals surface area (Å²) in [7, 11) is 0. The Labute approximate surface area is 156 Å². The molecule has 8 heteroatoms. The molecular weight excluding hydrogens is 356 g/mol. The van der Waals surface area contributed by atoms with E-state index in [1.165, 1.54) is 6.92 Å². The van der Waals surface area contributed by atoms with Crippen molar-refractivity contribution in [3.05, 3.63) is 42.2 Å². The lowest BCUT2D eigenvalue weighted by molar-refractivity contribution is -0.133. The number of ether oxygens (including phenoxy) is 3. The molecule has 7 nitrogen and oxygen atoms in total. The second-order valence-electron chi connectivity index (χ2n) is 5.66. The fourth-order valence-electron chi connectivity index (χ4n) is 2.50. The first kappa shape index (κ1) is 18.2. The molecule has 1 fully saturated rings. The van der Waals surface area contributed by atoms with Crippen molar-refractivity contribution < 1.29 is 23.4 Å². The zero-order valence-corrected chi connectivity index (χ0v) is 15.2. The Morgan fingerprint density at radius 3 is 2.62 bits per heavy atom. The van der Waals surface area contributed by atoms with Gasteiger partial charge in [0.15, 0.2) is 0 Å². The molecule has 1 aromatic heterocycles. The fraction of sp³-hybridized carbons (Fsp3) is 0.333. The van der Waals surface area contributed by atoms with Crippen molar-refractivity contribution in [3.8, 4) is 5.95 Å². The first-order valence-electron chi connectivity index (χ1n) is 8.24. The first-order chi connectivity index (χ1) is 12.6. The first-order valence-corrected chi connectivity index (χ1v) is 8.64. The average molecular weight is 376 g/mol. The lowest BCUT2D eigenvalue weighted by Gasteiger charge is -2.28. The van der Waals surface area contributed by atoms with Crippen molar-refractivity contribution in [2.24, 2.45) is 0 Å². The van der Waals surface area contributed by atoms with Gasteiger partial charge in [0.2, 0.25) is 0 Å². The summed E-state index contributed by atoms with van der Waals surface area (Å²) in [5, 5.41) is 3.25. The summed E-state index contributed by atoms with van der Waals surface area (Å²) in [6.07, 6.45) is 0. The van der Waals surface area contributed by atoms with E-state index in [2.05, 4.69) is 10.2 Å². The Kier molecular flexibility index (Phi) is 6.08. The van der Waals surface area contributed by atoms with Crippen LogP contribution >= 0.6 is 12.2 Å². The van der Waals surface area contributed by atoms with Gasteiger partial charge in [-0.2, -0.15) is 0 Å². The van der Waals surface area contributed by atoms with Crippen LogP contribution in [0.3, 0.4) is 0 Å². The second kappa shape index (κ2) is 8.68. The molecule has 0 radical (unpaired) electrons. The predicted octanol–water partition coefficient (Wildman–Crippen LogP) is 2.96. The van der Waals surface area contributed by atoms with Crippen LogP contribution in [-0.4, -0.2) is 37.4 Å². The summed E-state index contributed by atoms with van der Waals surface area (Å²) in [5.74, 6) is 0.200. The molecule has 1 aliphatic rings. The Hall–Kier alpha value is -2.58. The third-order valence-corrected chi connectivity index (χ3v) is 3.94. The monoisotopic (exact) mass is 376 g/mol. The number of hydrogen-bond donors (Lipinski definition) is 1. The number of anilines is 2. The van der Waals surface area contributed by atoms with Crippen LogP contribution in [0.5, 0.6) is 5.95 Å². The van der Waals surface area contributed by atoms with Gasteiger partial charge < -0.3 is 28.8 Å². The quantitative estimate of drug-likeness (QED) is 0.631. The Morgan fingerprint density at radius 2 is 1.92 bits per heavy atom. The van der Waals surface area contributed by atoms with Crippen molar-refractivity contribution in [3.63, 3.8) is 0 Å². The Balaban J connectivity index is 1.47. The van der Waals surface area contributed by atoms with Crippen LogP contribution in [0, 0.1) is 0 Å². The van der Waals surface area contributed by atoms with Crippen LogP contribution in [0.25, 0.3) is 0 Å². The van der Waals surface area contributed by atoms with E-state index in [0.29, 0.717) is 5.76 Å². The van der Waals surface area contributed by atoms with E-state index in [9.17, 15) is 4.79 Å². The Morgan fingerprint density at radius 1 is 1.19 bits per heavy atom. The number of thiocarbonyl (C=S) groups is 1. The van der Waals surface area contributed by atoms with Crippen LogP contribution in [0.4, 0.5) is 11.4 Å². The largest absolute Gasteiger partial charge is 0.463 e. The lowest BCUT2D eigenvalue weighted by Crippen LogP contribution is -2.36. The van der Waals surface area contributed by atoms with E-state index in [1.54, 1.807) is 12.1 Å². The van der Waals surface area contributed by atoms with Gasteiger partial charge in [0.1, 0.15) is 12.4 Å². The molecule has 2 aromatic rings. The molecule has 1 saturated heterocycles. The molecule has 0 unspecified atom stereocenters. The molecule has 0 spiro atoms. The topological polar surface area (TPSA) is 73.2 Å². The molecule has 0 saturated carbocycles. The maximum absolute atomic E-state index is 10.9. The van der Waals surface area contributed by atoms with Crippen molar-refractivity contribution in [2.75, 3.05) is 36.5 Å². The number of benzene rings is 1. The van der Waals surface area contributed by atoms with Gasteiger partial charge in [-0.3, -0.25) is 4.79 Å². The highest BCUT2D eigenvalue weighted by atomic mass is 32.1. The number of nitrogens with one attached hydrogen (secondary N) is 1. The van der Waals surface area contributed by atoms with Gasteiger partial charge in [0.05, 0.1) is 13.2 Å². The normalized spacial score (nSPS) is 14.0. The van der Waals surface area contributed by atoms with Crippen molar-refractivity contribution in [2.45, 2.75) is 13.5 Å². The predicted molar refractivity (Wildman–Crippen MR) is 101 cm³/mol. The van der Waals surface area contributed by atoms with Crippen molar-refractivity contribution in [1.29, 1.82) is 0 Å². The van der Waals surface area contributed by atoms with Crippen molar-refractivity contribution >= 4 is 34.7 Å². The summed E-state index contributed by atoms with van der Waals surface area (Å²) in [6, 6.07) is 11.2. The zero-order valence-electron chi connectivity index (χ0n) is 14.4. The lowest BCUT2D eigenvalue weighted by atomic mass is 10.2. The SMILES string of the molecule is CC(=O)Oc1ccc(COC(=S)Nc2ccc(N3CCOCC3)cc2)o1.